The third kappa shape index (κ3) is 4.36. The molecule has 2 aromatic heterocycles. The molecule has 9 heteroatoms. The summed E-state index contributed by atoms with van der Waals surface area (Å²) >= 11 is 13.4. The van der Waals surface area contributed by atoms with Crippen LogP contribution in [0.1, 0.15) is 17.3 Å². The molecule has 3 rings (SSSR count). The summed E-state index contributed by atoms with van der Waals surface area (Å²) in [5.41, 5.74) is 0. The van der Waals surface area contributed by atoms with E-state index in [4.69, 9.17) is 32.4 Å². The molecule has 0 N–H and O–H groups in total. The largest absolute Gasteiger partial charge is 0.484 e. The van der Waals surface area contributed by atoms with E-state index in [1.165, 1.54) is 11.8 Å². The molecular weight excluding hydrogens is 383 g/mol. The molecule has 2 heterocycles. The predicted octanol–water partition coefficient (Wildman–Crippen LogP) is 4.67. The van der Waals surface area contributed by atoms with Gasteiger partial charge in [-0.1, -0.05) is 35.0 Å². The smallest absolute Gasteiger partial charge is 0.211 e. The average molecular weight is 397 g/mol. The van der Waals surface area contributed by atoms with Crippen molar-refractivity contribution >= 4 is 41.2 Å². The zero-order valence-corrected chi connectivity index (χ0v) is 15.8. The summed E-state index contributed by atoms with van der Waals surface area (Å²) in [5, 5.41) is 14.1. The first kappa shape index (κ1) is 17.8. The summed E-state index contributed by atoms with van der Waals surface area (Å²) in [6.45, 7) is 2.08. The Bertz CT molecular complexity index is 907. The third-order valence-electron chi connectivity index (χ3n) is 3.20. The summed E-state index contributed by atoms with van der Waals surface area (Å²) < 4.78 is 13.0. The van der Waals surface area contributed by atoms with Gasteiger partial charge in [0.15, 0.2) is 5.82 Å². The van der Waals surface area contributed by atoms with Gasteiger partial charge in [0.05, 0.1) is 11.2 Å². The second-order valence-corrected chi connectivity index (χ2v) is 6.57. The van der Waals surface area contributed by atoms with Gasteiger partial charge in [0.25, 0.3) is 0 Å². The number of thioether (sulfide) groups is 1. The van der Waals surface area contributed by atoms with E-state index >= 15 is 0 Å². The van der Waals surface area contributed by atoms with Gasteiger partial charge in [-0.2, -0.15) is 9.78 Å². The van der Waals surface area contributed by atoms with E-state index in [0.29, 0.717) is 38.3 Å². The Morgan fingerprint density at radius 1 is 1.28 bits per heavy atom. The van der Waals surface area contributed by atoms with E-state index in [1.807, 2.05) is 25.3 Å². The van der Waals surface area contributed by atoms with Gasteiger partial charge in [-0.05, 0) is 43.5 Å². The molecule has 0 spiro atoms. The normalized spacial score (nSPS) is 11.4. The zero-order chi connectivity index (χ0) is 17.8. The van der Waals surface area contributed by atoms with Crippen LogP contribution in [0.5, 0.6) is 5.75 Å². The number of benzene rings is 1. The molecule has 1 aromatic carbocycles. The molecule has 0 radical (unpaired) electrons. The van der Waals surface area contributed by atoms with Gasteiger partial charge in [0.2, 0.25) is 5.16 Å². The van der Waals surface area contributed by atoms with Crippen molar-refractivity contribution in [3.63, 3.8) is 0 Å². The van der Waals surface area contributed by atoms with E-state index in [9.17, 15) is 0 Å². The highest BCUT2D eigenvalue weighted by atomic mass is 35.5. The number of hydrogen-bond acceptors (Lipinski definition) is 6. The predicted molar refractivity (Wildman–Crippen MR) is 99.0 cm³/mol. The summed E-state index contributed by atoms with van der Waals surface area (Å²) in [7, 11) is 0. The Kier molecular flexibility index (Phi) is 5.67. The van der Waals surface area contributed by atoms with Gasteiger partial charge in [-0.3, -0.25) is 0 Å². The van der Waals surface area contributed by atoms with Crippen LogP contribution in [-0.4, -0.2) is 27.3 Å². The van der Waals surface area contributed by atoms with Gasteiger partial charge in [-0.25, -0.2) is 0 Å². The highest BCUT2D eigenvalue weighted by Gasteiger charge is 2.07. The number of ether oxygens (including phenoxy) is 1. The summed E-state index contributed by atoms with van der Waals surface area (Å²) in [6, 6.07) is 8.69. The first-order valence-electron chi connectivity index (χ1n) is 7.23. The van der Waals surface area contributed by atoms with E-state index in [1.54, 1.807) is 29.1 Å². The van der Waals surface area contributed by atoms with Crippen LogP contribution in [0.4, 0.5) is 0 Å². The number of halogens is 2. The fourth-order valence-electron chi connectivity index (χ4n) is 2.00. The fraction of sp³-hybridized carbons (Fsp3) is 0.188. The molecule has 130 valence electrons. The van der Waals surface area contributed by atoms with Crippen LogP contribution in [0.15, 0.2) is 45.0 Å². The molecule has 0 aliphatic carbocycles. The van der Waals surface area contributed by atoms with Crippen molar-refractivity contribution in [1.29, 1.82) is 0 Å². The highest BCUT2D eigenvalue weighted by Crippen LogP contribution is 2.28. The topological polar surface area (TPSA) is 65.4 Å². The Balaban J connectivity index is 1.66. The summed E-state index contributed by atoms with van der Waals surface area (Å²) in [6.07, 6.45) is 3.52. The lowest BCUT2D eigenvalue weighted by Gasteiger charge is -2.06. The van der Waals surface area contributed by atoms with Crippen molar-refractivity contribution in [3.8, 4) is 5.75 Å². The van der Waals surface area contributed by atoms with Crippen molar-refractivity contribution in [2.24, 2.45) is 5.10 Å². The molecule has 3 aromatic rings. The van der Waals surface area contributed by atoms with E-state index in [-0.39, 0.29) is 6.61 Å². The number of aromatic nitrogens is 3. The molecular formula is C16H14Cl2N4O2S. The van der Waals surface area contributed by atoms with Gasteiger partial charge in [0, 0.05) is 5.02 Å². The molecule has 0 aliphatic rings. The Labute approximate surface area is 158 Å². The van der Waals surface area contributed by atoms with Crippen molar-refractivity contribution in [2.75, 3.05) is 6.26 Å². The van der Waals surface area contributed by atoms with E-state index < -0.39 is 0 Å². The monoisotopic (exact) mass is 396 g/mol. The lowest BCUT2D eigenvalue weighted by Crippen LogP contribution is -1.95. The summed E-state index contributed by atoms with van der Waals surface area (Å²) in [4.78, 5) is 0. The van der Waals surface area contributed by atoms with Crippen LogP contribution < -0.4 is 4.74 Å². The average Bonchev–Trinajstić information content (AvgIpc) is 3.18. The van der Waals surface area contributed by atoms with Crippen LogP contribution in [0, 0.1) is 6.92 Å². The molecule has 25 heavy (non-hydrogen) atoms. The van der Waals surface area contributed by atoms with Crippen molar-refractivity contribution in [3.05, 3.63) is 57.7 Å². The van der Waals surface area contributed by atoms with Gasteiger partial charge in [-0.15, -0.1) is 10.2 Å². The molecule has 6 nitrogen and oxygen atoms in total. The molecule has 0 fully saturated rings. The maximum Gasteiger partial charge on any atom is 0.211 e. The maximum absolute atomic E-state index is 6.07. The highest BCUT2D eigenvalue weighted by molar-refractivity contribution is 7.98. The lowest BCUT2D eigenvalue weighted by molar-refractivity contribution is 0.270. The van der Waals surface area contributed by atoms with E-state index in [0.717, 1.165) is 0 Å². The zero-order valence-electron chi connectivity index (χ0n) is 13.4. The fourth-order valence-corrected chi connectivity index (χ4v) is 2.93. The number of rotatable bonds is 6. The van der Waals surface area contributed by atoms with Crippen LogP contribution in [0.2, 0.25) is 10.0 Å². The minimum atomic E-state index is 0.247. The van der Waals surface area contributed by atoms with Gasteiger partial charge >= 0.3 is 0 Å². The SMILES string of the molecule is CSc1nnc(C)n1N=Cc1ccc(COc2ccc(Cl)cc2Cl)o1. The first-order chi connectivity index (χ1) is 12.1. The van der Waals surface area contributed by atoms with Crippen molar-refractivity contribution in [2.45, 2.75) is 18.7 Å². The number of hydrogen-bond donors (Lipinski definition) is 0. The van der Waals surface area contributed by atoms with Crippen LogP contribution >= 0.6 is 35.0 Å². The number of furan rings is 1. The molecule has 0 saturated heterocycles. The van der Waals surface area contributed by atoms with Crippen LogP contribution in [0.25, 0.3) is 0 Å². The minimum Gasteiger partial charge on any atom is -0.484 e. The molecule has 0 unspecified atom stereocenters. The Morgan fingerprint density at radius 3 is 2.88 bits per heavy atom. The molecule has 0 aliphatic heterocycles. The second-order valence-electron chi connectivity index (χ2n) is 4.96. The van der Waals surface area contributed by atoms with Crippen LogP contribution in [-0.2, 0) is 6.61 Å². The van der Waals surface area contributed by atoms with Crippen LogP contribution in [0.3, 0.4) is 0 Å². The molecule has 0 saturated carbocycles. The molecule has 0 atom stereocenters. The standard InChI is InChI=1S/C16H14Cl2N4O2S/c1-10-20-21-16(25-2)22(10)19-8-12-4-5-13(24-12)9-23-15-6-3-11(17)7-14(15)18/h3-8H,9H2,1-2H3. The number of aryl methyl sites for hydroxylation is 1. The Morgan fingerprint density at radius 2 is 2.12 bits per heavy atom. The van der Waals surface area contributed by atoms with Crippen molar-refractivity contribution in [1.82, 2.24) is 14.9 Å². The number of nitrogens with zero attached hydrogens (tertiary/aromatic N) is 4. The molecule has 0 bridgehead atoms. The molecule has 0 amide bonds. The second kappa shape index (κ2) is 7.95. The quantitative estimate of drug-likeness (QED) is 0.447. The summed E-state index contributed by atoms with van der Waals surface area (Å²) in [5.74, 6) is 2.49. The Hall–Kier alpha value is -1.96. The van der Waals surface area contributed by atoms with Gasteiger partial charge in [0.1, 0.15) is 23.9 Å². The lowest BCUT2D eigenvalue weighted by atomic mass is 10.3. The van der Waals surface area contributed by atoms with E-state index in [2.05, 4.69) is 15.3 Å². The minimum absolute atomic E-state index is 0.247. The first-order valence-corrected chi connectivity index (χ1v) is 9.22. The third-order valence-corrected chi connectivity index (χ3v) is 4.35. The maximum atomic E-state index is 6.07. The van der Waals surface area contributed by atoms with Crippen molar-refractivity contribution < 1.29 is 9.15 Å². The van der Waals surface area contributed by atoms with Gasteiger partial charge < -0.3 is 9.15 Å².